The minimum Gasteiger partial charge on any atom is -0.338 e. The summed E-state index contributed by atoms with van der Waals surface area (Å²) in [7, 11) is 0. The number of amides is 2. The molecule has 8 heteroatoms. The van der Waals surface area contributed by atoms with Crippen LogP contribution in [0, 0.1) is 18.3 Å². The summed E-state index contributed by atoms with van der Waals surface area (Å²) in [6.07, 6.45) is -1.43. The highest BCUT2D eigenvalue weighted by molar-refractivity contribution is 5.75. The van der Waals surface area contributed by atoms with Gasteiger partial charge in [0.2, 0.25) is 0 Å². The molecule has 1 unspecified atom stereocenters. The molecule has 1 aromatic heterocycles. The van der Waals surface area contributed by atoms with Gasteiger partial charge in [0.25, 0.3) is 0 Å². The maximum Gasteiger partial charge on any atom is 0.389 e. The summed E-state index contributed by atoms with van der Waals surface area (Å²) in [5, 5.41) is 2.79. The number of hydrogen-bond donors (Lipinski definition) is 1. The van der Waals surface area contributed by atoms with Crippen LogP contribution in [0.1, 0.15) is 26.1 Å². The van der Waals surface area contributed by atoms with E-state index in [1.54, 1.807) is 13.1 Å². The number of urea groups is 1. The minimum absolute atomic E-state index is 0.146. The second-order valence-corrected chi connectivity index (χ2v) is 6.88. The first kappa shape index (κ1) is 17.6. The summed E-state index contributed by atoms with van der Waals surface area (Å²) in [6.45, 7) is 6.98. The number of carbonyl (C=O) groups is 1. The van der Waals surface area contributed by atoms with E-state index < -0.39 is 18.0 Å². The van der Waals surface area contributed by atoms with E-state index in [0.717, 1.165) is 12.4 Å². The molecule has 2 rings (SSSR count). The van der Waals surface area contributed by atoms with Gasteiger partial charge in [-0.2, -0.15) is 13.2 Å². The molecule has 1 aliphatic rings. The number of rotatable bonds is 5. The van der Waals surface area contributed by atoms with Crippen LogP contribution in [0.5, 0.6) is 0 Å². The van der Waals surface area contributed by atoms with Gasteiger partial charge in [-0.05, 0) is 12.8 Å². The van der Waals surface area contributed by atoms with Crippen LogP contribution in [0.15, 0.2) is 12.4 Å². The van der Waals surface area contributed by atoms with Crippen LogP contribution in [0.4, 0.5) is 18.0 Å². The van der Waals surface area contributed by atoms with E-state index >= 15 is 0 Å². The Labute approximate surface area is 133 Å². The molecule has 1 aliphatic heterocycles. The molecular formula is C15H23F3N4O. The van der Waals surface area contributed by atoms with Crippen molar-refractivity contribution in [3.05, 3.63) is 18.2 Å². The SMILES string of the molecule is Cc1nccn1CC(C)CNC(=O)N1CC(C)(CC(F)(F)F)C1. The Morgan fingerprint density at radius 2 is 2.13 bits per heavy atom. The fraction of sp³-hybridized carbons (Fsp3) is 0.733. The zero-order valence-electron chi connectivity index (χ0n) is 13.7. The standard InChI is InChI=1S/C15H23F3N4O/c1-11(7-21-5-4-19-12(21)2)6-20-13(23)22-9-14(3,10-22)8-15(16,17)18/h4-5,11H,6-10H2,1-3H3,(H,20,23). The van der Waals surface area contributed by atoms with Crippen molar-refractivity contribution in [2.45, 2.75) is 39.9 Å². The summed E-state index contributed by atoms with van der Waals surface area (Å²) < 4.78 is 39.3. The van der Waals surface area contributed by atoms with Gasteiger partial charge >= 0.3 is 12.2 Å². The number of halogens is 3. The quantitative estimate of drug-likeness (QED) is 0.901. The monoisotopic (exact) mass is 332 g/mol. The normalized spacial score (nSPS) is 18.4. The van der Waals surface area contributed by atoms with Gasteiger partial charge < -0.3 is 14.8 Å². The second kappa shape index (κ2) is 6.41. The van der Waals surface area contributed by atoms with E-state index in [-0.39, 0.29) is 25.0 Å². The molecular weight excluding hydrogens is 309 g/mol. The lowest BCUT2D eigenvalue weighted by Gasteiger charge is -2.48. The molecule has 130 valence electrons. The summed E-state index contributed by atoms with van der Waals surface area (Å²) in [5.41, 5.74) is -0.852. The lowest BCUT2D eigenvalue weighted by Crippen LogP contribution is -2.60. The fourth-order valence-electron chi connectivity index (χ4n) is 2.98. The third-order valence-electron chi connectivity index (χ3n) is 4.09. The van der Waals surface area contributed by atoms with Crippen LogP contribution >= 0.6 is 0 Å². The molecule has 1 saturated heterocycles. The van der Waals surface area contributed by atoms with Crippen molar-refractivity contribution in [2.24, 2.45) is 11.3 Å². The number of nitrogens with zero attached hydrogens (tertiary/aromatic N) is 3. The Balaban J connectivity index is 1.71. The second-order valence-electron chi connectivity index (χ2n) is 6.88. The molecule has 0 aromatic carbocycles. The fourth-order valence-corrected chi connectivity index (χ4v) is 2.98. The largest absolute Gasteiger partial charge is 0.389 e. The number of alkyl halides is 3. The van der Waals surface area contributed by atoms with E-state index in [0.29, 0.717) is 6.54 Å². The molecule has 1 fully saturated rings. The van der Waals surface area contributed by atoms with Gasteiger partial charge in [-0.25, -0.2) is 9.78 Å². The topological polar surface area (TPSA) is 50.2 Å². The third-order valence-corrected chi connectivity index (χ3v) is 4.09. The first-order chi connectivity index (χ1) is 10.6. The van der Waals surface area contributed by atoms with Crippen LogP contribution < -0.4 is 5.32 Å². The molecule has 1 aromatic rings. The van der Waals surface area contributed by atoms with Crippen molar-refractivity contribution in [1.82, 2.24) is 19.8 Å². The van der Waals surface area contributed by atoms with Crippen LogP contribution in [0.3, 0.4) is 0 Å². The van der Waals surface area contributed by atoms with E-state index in [1.165, 1.54) is 4.90 Å². The van der Waals surface area contributed by atoms with E-state index in [2.05, 4.69) is 10.3 Å². The summed E-state index contributed by atoms with van der Waals surface area (Å²) in [6, 6.07) is -0.293. The maximum atomic E-state index is 12.4. The van der Waals surface area contributed by atoms with E-state index in [9.17, 15) is 18.0 Å². The van der Waals surface area contributed by atoms with Crippen molar-refractivity contribution in [3.8, 4) is 0 Å². The molecule has 5 nitrogen and oxygen atoms in total. The lowest BCUT2D eigenvalue weighted by molar-refractivity contribution is -0.172. The summed E-state index contributed by atoms with van der Waals surface area (Å²) >= 11 is 0. The molecule has 0 saturated carbocycles. The zero-order valence-corrected chi connectivity index (χ0v) is 13.7. The highest BCUT2D eigenvalue weighted by Gasteiger charge is 2.48. The lowest BCUT2D eigenvalue weighted by atomic mass is 9.79. The number of likely N-dealkylation sites (tertiary alicyclic amines) is 1. The van der Waals surface area contributed by atoms with Crippen molar-refractivity contribution in [3.63, 3.8) is 0 Å². The van der Waals surface area contributed by atoms with Crippen molar-refractivity contribution < 1.29 is 18.0 Å². The van der Waals surface area contributed by atoms with Crippen LogP contribution in [-0.4, -0.2) is 46.3 Å². The Morgan fingerprint density at radius 3 is 2.65 bits per heavy atom. The molecule has 2 heterocycles. The van der Waals surface area contributed by atoms with Gasteiger partial charge in [-0.3, -0.25) is 0 Å². The Bertz CT molecular complexity index is 549. The predicted molar refractivity (Wildman–Crippen MR) is 79.9 cm³/mol. The molecule has 0 radical (unpaired) electrons. The van der Waals surface area contributed by atoms with Crippen LogP contribution in [0.25, 0.3) is 0 Å². The number of aryl methyl sites for hydroxylation is 1. The van der Waals surface area contributed by atoms with Gasteiger partial charge in [0.05, 0.1) is 6.42 Å². The Hall–Kier alpha value is -1.73. The average molecular weight is 332 g/mol. The molecule has 0 spiro atoms. The van der Waals surface area contributed by atoms with Crippen molar-refractivity contribution >= 4 is 6.03 Å². The smallest absolute Gasteiger partial charge is 0.338 e. The third kappa shape index (κ3) is 4.87. The highest BCUT2D eigenvalue weighted by atomic mass is 19.4. The summed E-state index contributed by atoms with van der Waals surface area (Å²) in [4.78, 5) is 17.5. The van der Waals surface area contributed by atoms with Gasteiger partial charge in [-0.1, -0.05) is 13.8 Å². The Kier molecular flexibility index (Phi) is 4.91. The molecule has 1 atom stereocenters. The number of aromatic nitrogens is 2. The number of imidazole rings is 1. The average Bonchev–Trinajstić information content (AvgIpc) is 2.76. The van der Waals surface area contributed by atoms with Crippen molar-refractivity contribution in [2.75, 3.05) is 19.6 Å². The van der Waals surface area contributed by atoms with Gasteiger partial charge in [0, 0.05) is 44.0 Å². The van der Waals surface area contributed by atoms with Crippen LogP contribution in [-0.2, 0) is 6.54 Å². The van der Waals surface area contributed by atoms with Gasteiger partial charge in [0.15, 0.2) is 0 Å². The predicted octanol–water partition coefficient (Wildman–Crippen LogP) is 2.81. The Morgan fingerprint density at radius 1 is 1.48 bits per heavy atom. The van der Waals surface area contributed by atoms with Crippen molar-refractivity contribution in [1.29, 1.82) is 0 Å². The van der Waals surface area contributed by atoms with E-state index in [4.69, 9.17) is 0 Å². The molecule has 23 heavy (non-hydrogen) atoms. The molecule has 2 amide bonds. The number of carbonyl (C=O) groups excluding carboxylic acids is 1. The van der Waals surface area contributed by atoms with Crippen LogP contribution in [0.2, 0.25) is 0 Å². The molecule has 0 bridgehead atoms. The number of hydrogen-bond acceptors (Lipinski definition) is 2. The first-order valence-corrected chi connectivity index (χ1v) is 7.65. The minimum atomic E-state index is -4.19. The van der Waals surface area contributed by atoms with E-state index in [1.807, 2.05) is 24.6 Å². The maximum absolute atomic E-state index is 12.4. The molecule has 0 aliphatic carbocycles. The highest BCUT2D eigenvalue weighted by Crippen LogP contribution is 2.40. The zero-order chi connectivity index (χ0) is 17.3. The number of nitrogens with one attached hydrogen (secondary N) is 1. The molecule has 1 N–H and O–H groups in total. The van der Waals surface area contributed by atoms with Gasteiger partial charge in [-0.15, -0.1) is 0 Å². The first-order valence-electron chi connectivity index (χ1n) is 7.65. The van der Waals surface area contributed by atoms with Gasteiger partial charge in [0.1, 0.15) is 5.82 Å². The summed E-state index contributed by atoms with van der Waals surface area (Å²) in [5.74, 6) is 1.11.